The van der Waals surface area contributed by atoms with Gasteiger partial charge in [0.05, 0.1) is 11.3 Å². The molecule has 0 spiro atoms. The minimum atomic E-state index is 0.115. The van der Waals surface area contributed by atoms with Crippen molar-refractivity contribution < 1.29 is 4.79 Å². The Morgan fingerprint density at radius 3 is 2.65 bits per heavy atom. The Morgan fingerprint density at radius 2 is 1.87 bits per heavy atom. The maximum absolute atomic E-state index is 12.6. The normalized spacial score (nSPS) is 14.3. The first kappa shape index (κ1) is 14.5. The van der Waals surface area contributed by atoms with Crippen LogP contribution in [0, 0.1) is 0 Å². The molecule has 116 valence electrons. The fourth-order valence-electron chi connectivity index (χ4n) is 2.95. The molecule has 3 aromatic heterocycles. The minimum absolute atomic E-state index is 0.115. The van der Waals surface area contributed by atoms with Crippen LogP contribution in [0.1, 0.15) is 21.6 Å². The predicted molar refractivity (Wildman–Crippen MR) is 93.0 cm³/mol. The number of hydrogen-bond donors (Lipinski definition) is 0. The van der Waals surface area contributed by atoms with E-state index in [0.29, 0.717) is 13.1 Å². The lowest BCUT2D eigenvalue weighted by Crippen LogP contribution is -2.33. The van der Waals surface area contributed by atoms with Crippen LogP contribution in [0.3, 0.4) is 0 Å². The van der Waals surface area contributed by atoms with Gasteiger partial charge in [0.25, 0.3) is 5.91 Å². The van der Waals surface area contributed by atoms with Crippen molar-refractivity contribution in [2.75, 3.05) is 13.1 Å². The van der Waals surface area contributed by atoms with Gasteiger partial charge in [-0.3, -0.25) is 4.79 Å². The lowest BCUT2D eigenvalue weighted by atomic mass is 10.0. The van der Waals surface area contributed by atoms with Crippen LogP contribution < -0.4 is 0 Å². The number of carbonyl (C=O) groups excluding carboxylic acids is 1. The van der Waals surface area contributed by atoms with Crippen LogP contribution in [-0.4, -0.2) is 33.9 Å². The summed E-state index contributed by atoms with van der Waals surface area (Å²) in [5.74, 6) is 0.115. The van der Waals surface area contributed by atoms with Crippen LogP contribution >= 0.6 is 22.7 Å². The SMILES string of the molecule is O=C(c1ccsc1)N1CCc2ncnc(-c3ccsc3)c2CC1. The summed E-state index contributed by atoms with van der Waals surface area (Å²) < 4.78 is 0. The highest BCUT2D eigenvalue weighted by molar-refractivity contribution is 7.08. The average Bonchev–Trinajstić information content (AvgIpc) is 3.24. The molecular formula is C17H15N3OS2. The molecule has 6 heteroatoms. The summed E-state index contributed by atoms with van der Waals surface area (Å²) in [6.07, 6.45) is 3.23. The van der Waals surface area contributed by atoms with Crippen LogP contribution in [-0.2, 0) is 12.8 Å². The lowest BCUT2D eigenvalue weighted by molar-refractivity contribution is 0.0763. The molecule has 0 saturated heterocycles. The highest BCUT2D eigenvalue weighted by Crippen LogP contribution is 2.27. The molecule has 0 radical (unpaired) electrons. The number of nitrogens with zero attached hydrogens (tertiary/aromatic N) is 3. The zero-order valence-electron chi connectivity index (χ0n) is 12.4. The Kier molecular flexibility index (Phi) is 3.93. The van der Waals surface area contributed by atoms with Crippen molar-refractivity contribution in [1.82, 2.24) is 14.9 Å². The van der Waals surface area contributed by atoms with E-state index in [1.807, 2.05) is 21.7 Å². The van der Waals surface area contributed by atoms with E-state index in [0.717, 1.165) is 35.4 Å². The number of amides is 1. The molecule has 0 fully saturated rings. The zero-order chi connectivity index (χ0) is 15.6. The molecule has 23 heavy (non-hydrogen) atoms. The standard InChI is InChI=1S/C17H15N3OS2/c21-17(13-4-8-23-10-13)20-5-1-14-15(2-6-20)18-11-19-16(14)12-3-7-22-9-12/h3-4,7-11H,1-2,5-6H2. The molecule has 0 atom stereocenters. The van der Waals surface area contributed by atoms with E-state index in [-0.39, 0.29) is 5.91 Å². The van der Waals surface area contributed by atoms with E-state index in [1.54, 1.807) is 29.0 Å². The van der Waals surface area contributed by atoms with Crippen LogP contribution in [0.4, 0.5) is 0 Å². The van der Waals surface area contributed by atoms with Gasteiger partial charge in [-0.2, -0.15) is 22.7 Å². The van der Waals surface area contributed by atoms with Gasteiger partial charge >= 0.3 is 0 Å². The molecule has 0 saturated carbocycles. The summed E-state index contributed by atoms with van der Waals surface area (Å²) >= 11 is 3.23. The number of thiophene rings is 2. The summed E-state index contributed by atoms with van der Waals surface area (Å²) in [7, 11) is 0. The molecule has 1 aliphatic rings. The average molecular weight is 341 g/mol. The number of fused-ring (bicyclic) bond motifs is 1. The maximum Gasteiger partial charge on any atom is 0.254 e. The van der Waals surface area contributed by atoms with Crippen molar-refractivity contribution in [1.29, 1.82) is 0 Å². The number of carbonyl (C=O) groups is 1. The van der Waals surface area contributed by atoms with Crippen molar-refractivity contribution in [3.63, 3.8) is 0 Å². The molecule has 1 amide bonds. The highest BCUT2D eigenvalue weighted by atomic mass is 32.1. The summed E-state index contributed by atoms with van der Waals surface area (Å²) in [6.45, 7) is 1.42. The van der Waals surface area contributed by atoms with Crippen molar-refractivity contribution >= 4 is 28.6 Å². The minimum Gasteiger partial charge on any atom is -0.338 e. The first-order valence-electron chi connectivity index (χ1n) is 7.50. The van der Waals surface area contributed by atoms with E-state index < -0.39 is 0 Å². The van der Waals surface area contributed by atoms with Gasteiger partial charge in [-0.1, -0.05) is 0 Å². The van der Waals surface area contributed by atoms with Crippen LogP contribution in [0.2, 0.25) is 0 Å². The Balaban J connectivity index is 1.62. The molecule has 3 aromatic rings. The Labute approximate surface area is 142 Å². The van der Waals surface area contributed by atoms with Crippen molar-refractivity contribution in [2.24, 2.45) is 0 Å². The van der Waals surface area contributed by atoms with Gasteiger partial charge < -0.3 is 4.90 Å². The molecule has 0 N–H and O–H groups in total. The van der Waals surface area contributed by atoms with Crippen LogP contribution in [0.5, 0.6) is 0 Å². The smallest absolute Gasteiger partial charge is 0.254 e. The van der Waals surface area contributed by atoms with E-state index >= 15 is 0 Å². The predicted octanol–water partition coefficient (Wildman–Crippen LogP) is 3.51. The second kappa shape index (κ2) is 6.22. The molecule has 4 heterocycles. The fraction of sp³-hybridized carbons (Fsp3) is 0.235. The molecule has 0 aromatic carbocycles. The maximum atomic E-state index is 12.6. The molecule has 0 aliphatic carbocycles. The van der Waals surface area contributed by atoms with Crippen LogP contribution in [0.15, 0.2) is 40.0 Å². The summed E-state index contributed by atoms with van der Waals surface area (Å²) in [6, 6.07) is 3.98. The Hall–Kier alpha value is -2.05. The number of aromatic nitrogens is 2. The third-order valence-corrected chi connectivity index (χ3v) is 5.50. The van der Waals surface area contributed by atoms with E-state index in [4.69, 9.17) is 0 Å². The van der Waals surface area contributed by atoms with Gasteiger partial charge in [-0.05, 0) is 29.3 Å². The van der Waals surface area contributed by atoms with Gasteiger partial charge in [0.1, 0.15) is 6.33 Å². The van der Waals surface area contributed by atoms with Gasteiger partial charge in [-0.15, -0.1) is 0 Å². The van der Waals surface area contributed by atoms with E-state index in [2.05, 4.69) is 26.8 Å². The second-order valence-electron chi connectivity index (χ2n) is 5.46. The lowest BCUT2D eigenvalue weighted by Gasteiger charge is -2.19. The molecule has 4 rings (SSSR count). The van der Waals surface area contributed by atoms with Gasteiger partial charge in [-0.25, -0.2) is 9.97 Å². The first-order valence-corrected chi connectivity index (χ1v) is 9.38. The zero-order valence-corrected chi connectivity index (χ0v) is 14.1. The summed E-state index contributed by atoms with van der Waals surface area (Å²) in [5.41, 5.74) is 5.20. The van der Waals surface area contributed by atoms with Crippen LogP contribution in [0.25, 0.3) is 11.3 Å². The van der Waals surface area contributed by atoms with Gasteiger partial charge in [0, 0.05) is 47.1 Å². The van der Waals surface area contributed by atoms with Gasteiger partial charge in [0.2, 0.25) is 0 Å². The molecule has 0 bridgehead atoms. The largest absolute Gasteiger partial charge is 0.338 e. The van der Waals surface area contributed by atoms with Crippen molar-refractivity contribution in [3.05, 3.63) is 56.8 Å². The quantitative estimate of drug-likeness (QED) is 0.716. The number of rotatable bonds is 2. The third kappa shape index (κ3) is 2.80. The van der Waals surface area contributed by atoms with Gasteiger partial charge in [0.15, 0.2) is 0 Å². The second-order valence-corrected chi connectivity index (χ2v) is 7.02. The molecule has 0 unspecified atom stereocenters. The van der Waals surface area contributed by atoms with E-state index in [1.165, 1.54) is 5.56 Å². The van der Waals surface area contributed by atoms with Crippen molar-refractivity contribution in [2.45, 2.75) is 12.8 Å². The Bertz CT molecular complexity index is 812. The summed E-state index contributed by atoms with van der Waals surface area (Å²) in [5, 5.41) is 8.03. The summed E-state index contributed by atoms with van der Waals surface area (Å²) in [4.78, 5) is 23.5. The first-order chi connectivity index (χ1) is 11.3. The molecule has 4 nitrogen and oxygen atoms in total. The monoisotopic (exact) mass is 341 g/mol. The Morgan fingerprint density at radius 1 is 1.04 bits per heavy atom. The fourth-order valence-corrected chi connectivity index (χ4v) is 4.22. The molecule has 1 aliphatic heterocycles. The topological polar surface area (TPSA) is 46.1 Å². The highest BCUT2D eigenvalue weighted by Gasteiger charge is 2.23. The van der Waals surface area contributed by atoms with E-state index in [9.17, 15) is 4.79 Å². The third-order valence-electron chi connectivity index (χ3n) is 4.13. The number of hydrogen-bond acceptors (Lipinski definition) is 5. The van der Waals surface area contributed by atoms with Crippen molar-refractivity contribution in [3.8, 4) is 11.3 Å². The molecular weight excluding hydrogens is 326 g/mol.